The fourth-order valence-corrected chi connectivity index (χ4v) is 3.39. The van der Waals surface area contributed by atoms with E-state index >= 15 is 0 Å². The first-order chi connectivity index (χ1) is 11.9. The first-order valence-electron chi connectivity index (χ1n) is 7.96. The van der Waals surface area contributed by atoms with Gasteiger partial charge in [-0.3, -0.25) is 4.68 Å². The number of hydrogen-bond donors (Lipinski definition) is 1. The maximum atomic E-state index is 14.2. The molecule has 0 radical (unpaired) electrons. The van der Waals surface area contributed by atoms with Crippen molar-refractivity contribution in [2.45, 2.75) is 38.3 Å². The van der Waals surface area contributed by atoms with Crippen molar-refractivity contribution in [3.05, 3.63) is 60.2 Å². The van der Waals surface area contributed by atoms with Gasteiger partial charge in [-0.05, 0) is 25.5 Å². The van der Waals surface area contributed by atoms with Crippen LogP contribution >= 0.6 is 0 Å². The van der Waals surface area contributed by atoms with E-state index in [4.69, 9.17) is 0 Å². The zero-order valence-corrected chi connectivity index (χ0v) is 14.0. The number of aromatic nitrogens is 5. The fraction of sp³-hybridized carbons (Fsp3) is 0.412. The number of hydrogen-bond acceptors (Lipinski definition) is 5. The van der Waals surface area contributed by atoms with E-state index in [0.717, 1.165) is 6.20 Å². The van der Waals surface area contributed by atoms with Gasteiger partial charge >= 0.3 is 0 Å². The van der Waals surface area contributed by atoms with E-state index in [2.05, 4.69) is 20.1 Å². The molecule has 1 aliphatic carbocycles. The summed E-state index contributed by atoms with van der Waals surface area (Å²) in [6.45, 7) is 3.53. The SMILES string of the molecule is CC1=CC(F)=CCC1[C@@](O)(Cn1cncn1)[C@@H](C)c1ncncc1F. The van der Waals surface area contributed by atoms with Crippen LogP contribution in [-0.2, 0) is 6.54 Å². The van der Waals surface area contributed by atoms with Gasteiger partial charge in [0.25, 0.3) is 0 Å². The average molecular weight is 347 g/mol. The number of allylic oxidation sites excluding steroid dienone is 3. The van der Waals surface area contributed by atoms with Crippen molar-refractivity contribution in [2.24, 2.45) is 5.92 Å². The van der Waals surface area contributed by atoms with Crippen LogP contribution in [0.2, 0.25) is 0 Å². The second kappa shape index (κ2) is 6.79. The average Bonchev–Trinajstić information content (AvgIpc) is 3.07. The molecule has 0 amide bonds. The Labute approximate surface area is 144 Å². The Morgan fingerprint density at radius 2 is 2.16 bits per heavy atom. The van der Waals surface area contributed by atoms with Gasteiger partial charge in [0.05, 0.1) is 24.0 Å². The molecule has 1 N–H and O–H groups in total. The highest BCUT2D eigenvalue weighted by atomic mass is 19.1. The lowest BCUT2D eigenvalue weighted by atomic mass is 9.70. The molecule has 2 heterocycles. The summed E-state index contributed by atoms with van der Waals surface area (Å²) in [5.74, 6) is -2.02. The first-order valence-corrected chi connectivity index (χ1v) is 7.96. The third-order valence-corrected chi connectivity index (χ3v) is 4.81. The minimum Gasteiger partial charge on any atom is -0.387 e. The minimum absolute atomic E-state index is 0.0723. The molecule has 2 aromatic heterocycles. The Morgan fingerprint density at radius 1 is 1.36 bits per heavy atom. The van der Waals surface area contributed by atoms with E-state index in [0.29, 0.717) is 12.0 Å². The summed E-state index contributed by atoms with van der Waals surface area (Å²) in [4.78, 5) is 11.6. The normalized spacial score (nSPS) is 21.2. The molecule has 1 aliphatic rings. The summed E-state index contributed by atoms with van der Waals surface area (Å²) in [6.07, 6.45) is 8.27. The van der Waals surface area contributed by atoms with Gasteiger partial charge < -0.3 is 5.11 Å². The van der Waals surface area contributed by atoms with Crippen LogP contribution in [0.3, 0.4) is 0 Å². The Morgan fingerprint density at radius 3 is 2.80 bits per heavy atom. The molecule has 25 heavy (non-hydrogen) atoms. The Bertz CT molecular complexity index is 805. The standard InChI is InChI=1S/C17H19F2N5O/c1-11-5-13(18)3-4-14(11)17(25,7-24-10-21-9-23-24)12(2)16-15(19)6-20-8-22-16/h3,5-6,8-10,12,14,25H,4,7H2,1-2H3/t12-,14?,17+/m0/s1. The van der Waals surface area contributed by atoms with E-state index in [9.17, 15) is 13.9 Å². The van der Waals surface area contributed by atoms with E-state index in [1.807, 2.05) is 0 Å². The predicted molar refractivity (Wildman–Crippen MR) is 86.4 cm³/mol. The summed E-state index contributed by atoms with van der Waals surface area (Å²) < 4.78 is 29.3. The maximum absolute atomic E-state index is 14.2. The fourth-order valence-electron chi connectivity index (χ4n) is 3.39. The van der Waals surface area contributed by atoms with Crippen LogP contribution in [-0.4, -0.2) is 35.4 Å². The summed E-state index contributed by atoms with van der Waals surface area (Å²) in [5, 5.41) is 15.6. The summed E-state index contributed by atoms with van der Waals surface area (Å²) >= 11 is 0. The van der Waals surface area contributed by atoms with Crippen LogP contribution in [0.1, 0.15) is 31.9 Å². The van der Waals surface area contributed by atoms with E-state index < -0.39 is 23.3 Å². The topological polar surface area (TPSA) is 76.7 Å². The Kier molecular flexibility index (Phi) is 4.71. The summed E-state index contributed by atoms with van der Waals surface area (Å²) in [7, 11) is 0. The summed E-state index contributed by atoms with van der Waals surface area (Å²) in [5.41, 5.74) is -0.648. The van der Waals surface area contributed by atoms with E-state index in [1.54, 1.807) is 13.8 Å². The number of rotatable bonds is 5. The predicted octanol–water partition coefficient (Wildman–Crippen LogP) is 2.56. The van der Waals surface area contributed by atoms with E-state index in [-0.39, 0.29) is 18.1 Å². The van der Waals surface area contributed by atoms with Crippen LogP contribution in [0.5, 0.6) is 0 Å². The van der Waals surface area contributed by atoms with Gasteiger partial charge in [0.2, 0.25) is 0 Å². The molecule has 0 bridgehead atoms. The molecule has 2 aromatic rings. The molecule has 1 unspecified atom stereocenters. The van der Waals surface area contributed by atoms with Crippen molar-refractivity contribution >= 4 is 0 Å². The molecule has 3 rings (SSSR count). The van der Waals surface area contributed by atoms with Crippen molar-refractivity contribution in [3.8, 4) is 0 Å². The first kappa shape index (κ1) is 17.3. The van der Waals surface area contributed by atoms with Crippen molar-refractivity contribution in [1.29, 1.82) is 0 Å². The molecule has 8 heteroatoms. The van der Waals surface area contributed by atoms with Crippen LogP contribution in [0.15, 0.2) is 48.7 Å². The second-order valence-corrected chi connectivity index (χ2v) is 6.33. The van der Waals surface area contributed by atoms with Crippen molar-refractivity contribution in [1.82, 2.24) is 24.7 Å². The number of nitrogens with zero attached hydrogens (tertiary/aromatic N) is 5. The molecule has 0 aliphatic heterocycles. The Hall–Kier alpha value is -2.48. The molecular formula is C17H19F2N5O. The van der Waals surface area contributed by atoms with Gasteiger partial charge in [-0.15, -0.1) is 0 Å². The third kappa shape index (κ3) is 3.34. The van der Waals surface area contributed by atoms with Crippen LogP contribution in [0.4, 0.5) is 8.78 Å². The van der Waals surface area contributed by atoms with Crippen molar-refractivity contribution < 1.29 is 13.9 Å². The molecule has 0 saturated carbocycles. The maximum Gasteiger partial charge on any atom is 0.163 e. The molecular weight excluding hydrogens is 328 g/mol. The summed E-state index contributed by atoms with van der Waals surface area (Å²) in [6, 6.07) is 0. The van der Waals surface area contributed by atoms with Gasteiger partial charge in [0.15, 0.2) is 5.82 Å². The van der Waals surface area contributed by atoms with Gasteiger partial charge in [0, 0.05) is 11.8 Å². The lowest BCUT2D eigenvalue weighted by molar-refractivity contribution is -0.0453. The largest absolute Gasteiger partial charge is 0.387 e. The number of halogens is 2. The quantitative estimate of drug-likeness (QED) is 0.899. The van der Waals surface area contributed by atoms with Gasteiger partial charge in [0.1, 0.15) is 24.8 Å². The van der Waals surface area contributed by atoms with E-state index in [1.165, 1.54) is 35.8 Å². The van der Waals surface area contributed by atoms with Crippen LogP contribution < -0.4 is 0 Å². The molecule has 0 fully saturated rings. The van der Waals surface area contributed by atoms with Crippen molar-refractivity contribution in [2.75, 3.05) is 0 Å². The molecule has 0 spiro atoms. The zero-order chi connectivity index (χ0) is 18.0. The lowest BCUT2D eigenvalue weighted by Crippen LogP contribution is -2.48. The molecule has 0 aromatic carbocycles. The zero-order valence-electron chi connectivity index (χ0n) is 14.0. The van der Waals surface area contributed by atoms with Gasteiger partial charge in [-0.1, -0.05) is 12.5 Å². The molecule has 0 saturated heterocycles. The van der Waals surface area contributed by atoms with Crippen LogP contribution in [0.25, 0.3) is 0 Å². The van der Waals surface area contributed by atoms with Gasteiger partial charge in [-0.25, -0.2) is 23.7 Å². The Balaban J connectivity index is 2.03. The molecule has 3 atom stereocenters. The highest BCUT2D eigenvalue weighted by molar-refractivity contribution is 5.29. The molecule has 132 valence electrons. The van der Waals surface area contributed by atoms with Crippen molar-refractivity contribution in [3.63, 3.8) is 0 Å². The molecule has 6 nitrogen and oxygen atoms in total. The monoisotopic (exact) mass is 347 g/mol. The van der Waals surface area contributed by atoms with Gasteiger partial charge in [-0.2, -0.15) is 5.10 Å². The minimum atomic E-state index is -1.44. The highest BCUT2D eigenvalue weighted by Gasteiger charge is 2.45. The third-order valence-electron chi connectivity index (χ3n) is 4.81. The second-order valence-electron chi connectivity index (χ2n) is 6.33. The van der Waals surface area contributed by atoms with Crippen LogP contribution in [0, 0.1) is 11.7 Å². The smallest absolute Gasteiger partial charge is 0.163 e. The number of aliphatic hydroxyl groups is 1. The highest BCUT2D eigenvalue weighted by Crippen LogP contribution is 2.42. The lowest BCUT2D eigenvalue weighted by Gasteiger charge is -2.41.